The maximum absolute atomic E-state index is 12.5. The molecule has 0 spiro atoms. The second-order valence-corrected chi connectivity index (χ2v) is 12.4. The van der Waals surface area contributed by atoms with Crippen LogP contribution in [0.3, 0.4) is 0 Å². The monoisotopic (exact) mass is 550 g/mol. The third kappa shape index (κ3) is 5.69. The van der Waals surface area contributed by atoms with E-state index in [0.29, 0.717) is 18.6 Å². The van der Waals surface area contributed by atoms with Crippen LogP contribution in [0.25, 0.3) is 0 Å². The number of anilines is 3. The van der Waals surface area contributed by atoms with Crippen LogP contribution < -0.4 is 15.0 Å². The minimum atomic E-state index is -0.463. The molecule has 0 bridgehead atoms. The van der Waals surface area contributed by atoms with E-state index in [0.717, 1.165) is 112 Å². The Hall–Kier alpha value is -3.11. The molecule has 2 aromatic heterocycles. The van der Waals surface area contributed by atoms with E-state index in [1.807, 2.05) is 38.8 Å². The number of nitrogens with zero attached hydrogens (tertiary/aromatic N) is 5. The highest BCUT2D eigenvalue weighted by molar-refractivity contribution is 5.73. The summed E-state index contributed by atoms with van der Waals surface area (Å²) in [6.45, 7) is 15.0. The fourth-order valence-electron chi connectivity index (χ4n) is 6.37. The summed E-state index contributed by atoms with van der Waals surface area (Å²) in [5.41, 5.74) is 4.73. The molecular formula is C30H42N6O4. The molecule has 216 valence electrons. The zero-order valence-corrected chi connectivity index (χ0v) is 24.2. The lowest BCUT2D eigenvalue weighted by Crippen LogP contribution is -2.43. The number of hydrogen-bond donors (Lipinski definition) is 1. The van der Waals surface area contributed by atoms with E-state index in [9.17, 15) is 4.79 Å². The van der Waals surface area contributed by atoms with E-state index in [4.69, 9.17) is 19.2 Å². The van der Waals surface area contributed by atoms with Gasteiger partial charge in [-0.15, -0.1) is 0 Å². The summed E-state index contributed by atoms with van der Waals surface area (Å²) in [6, 6.07) is 4.64. The molecule has 2 aromatic rings. The molecule has 3 fully saturated rings. The van der Waals surface area contributed by atoms with Crippen molar-refractivity contribution in [3.63, 3.8) is 0 Å². The van der Waals surface area contributed by atoms with Gasteiger partial charge >= 0.3 is 6.09 Å². The Morgan fingerprint density at radius 3 is 2.62 bits per heavy atom. The van der Waals surface area contributed by atoms with E-state index >= 15 is 0 Å². The van der Waals surface area contributed by atoms with Gasteiger partial charge in [0.25, 0.3) is 0 Å². The van der Waals surface area contributed by atoms with Gasteiger partial charge in [-0.2, -0.15) is 0 Å². The largest absolute Gasteiger partial charge is 0.485 e. The number of fused-ring (bicyclic) bond motifs is 2. The number of hydrogen-bond acceptors (Lipinski definition) is 9. The molecule has 1 amide bonds. The average molecular weight is 551 g/mol. The molecule has 0 radical (unpaired) electrons. The first-order valence-corrected chi connectivity index (χ1v) is 14.7. The molecule has 1 N–H and O–H groups in total. The number of aromatic nitrogens is 2. The van der Waals surface area contributed by atoms with Crippen molar-refractivity contribution in [3.8, 4) is 5.75 Å². The van der Waals surface area contributed by atoms with E-state index in [-0.39, 0.29) is 6.09 Å². The fraction of sp³-hybridized carbons (Fsp3) is 0.633. The van der Waals surface area contributed by atoms with Crippen molar-refractivity contribution >= 4 is 23.3 Å². The second kappa shape index (κ2) is 11.0. The van der Waals surface area contributed by atoms with Crippen LogP contribution in [-0.2, 0) is 16.1 Å². The van der Waals surface area contributed by atoms with E-state index in [1.165, 1.54) is 0 Å². The SMILES string of the molecule is Cc1nc(C2CCN([C@@H]3CCN(C(=O)OC(C)(C)C)C3)CC2)cc2c1OCc1c(N3CCOCC3)ccnc1N2. The Morgan fingerprint density at radius 2 is 1.88 bits per heavy atom. The molecule has 10 nitrogen and oxygen atoms in total. The number of aryl methyl sites for hydroxylation is 1. The minimum Gasteiger partial charge on any atom is -0.485 e. The predicted octanol–water partition coefficient (Wildman–Crippen LogP) is 4.45. The molecular weight excluding hydrogens is 508 g/mol. The van der Waals surface area contributed by atoms with Gasteiger partial charge in [-0.3, -0.25) is 9.88 Å². The molecule has 40 heavy (non-hydrogen) atoms. The fourth-order valence-corrected chi connectivity index (χ4v) is 6.37. The lowest BCUT2D eigenvalue weighted by Gasteiger charge is -2.36. The van der Waals surface area contributed by atoms with E-state index in [1.54, 1.807) is 0 Å². The number of amides is 1. The molecule has 3 saturated heterocycles. The lowest BCUT2D eigenvalue weighted by atomic mass is 9.91. The predicted molar refractivity (Wildman–Crippen MR) is 154 cm³/mol. The second-order valence-electron chi connectivity index (χ2n) is 12.4. The first-order valence-electron chi connectivity index (χ1n) is 14.7. The molecule has 0 saturated carbocycles. The van der Waals surface area contributed by atoms with Crippen molar-refractivity contribution in [2.75, 3.05) is 62.7 Å². The van der Waals surface area contributed by atoms with Crippen molar-refractivity contribution in [1.29, 1.82) is 0 Å². The van der Waals surface area contributed by atoms with Gasteiger partial charge in [0.2, 0.25) is 0 Å². The first-order chi connectivity index (χ1) is 19.2. The van der Waals surface area contributed by atoms with Crippen molar-refractivity contribution in [2.24, 2.45) is 0 Å². The van der Waals surface area contributed by atoms with Crippen LogP contribution in [0.4, 0.5) is 22.0 Å². The Labute approximate surface area is 237 Å². The summed E-state index contributed by atoms with van der Waals surface area (Å²) in [4.78, 5) is 29.0. The molecule has 4 aliphatic heterocycles. The van der Waals surface area contributed by atoms with Crippen molar-refractivity contribution in [2.45, 2.75) is 71.1 Å². The van der Waals surface area contributed by atoms with Gasteiger partial charge in [0.05, 0.1) is 30.2 Å². The standard InChI is InChI=1S/C30H42N6O4/c1-20-27-25(33-28-23(19-39-27)26(5-9-31-28)35-13-15-38-16-14-35)17-24(32-20)21-6-10-34(11-7-21)22-8-12-36(18-22)29(37)40-30(2,3)4/h5,9,17,21-22H,6-8,10-16,18-19H2,1-4H3,(H,31,33)/t22-/m1/s1. The van der Waals surface area contributed by atoms with Crippen LogP contribution in [0.15, 0.2) is 18.3 Å². The summed E-state index contributed by atoms with van der Waals surface area (Å²) < 4.78 is 17.5. The van der Waals surface area contributed by atoms with Crippen LogP contribution >= 0.6 is 0 Å². The van der Waals surface area contributed by atoms with Gasteiger partial charge in [-0.05, 0) is 72.2 Å². The van der Waals surface area contributed by atoms with Crippen LogP contribution in [0, 0.1) is 6.92 Å². The summed E-state index contributed by atoms with van der Waals surface area (Å²) in [6.07, 6.45) is 4.77. The zero-order valence-electron chi connectivity index (χ0n) is 24.2. The van der Waals surface area contributed by atoms with Crippen molar-refractivity contribution in [1.82, 2.24) is 19.8 Å². The number of rotatable bonds is 3. The highest BCUT2D eigenvalue weighted by atomic mass is 16.6. The molecule has 6 rings (SSSR count). The number of carbonyl (C=O) groups excluding carboxylic acids is 1. The Balaban J connectivity index is 1.12. The number of pyridine rings is 2. The summed E-state index contributed by atoms with van der Waals surface area (Å²) >= 11 is 0. The number of piperidine rings is 1. The number of carbonyl (C=O) groups is 1. The number of ether oxygens (including phenoxy) is 3. The molecule has 10 heteroatoms. The Kier molecular flexibility index (Phi) is 7.48. The highest BCUT2D eigenvalue weighted by Gasteiger charge is 2.35. The Bertz CT molecular complexity index is 1230. The maximum Gasteiger partial charge on any atom is 0.410 e. The van der Waals surface area contributed by atoms with Gasteiger partial charge in [0.1, 0.15) is 18.0 Å². The van der Waals surface area contributed by atoms with Gasteiger partial charge in [-0.1, -0.05) is 0 Å². The van der Waals surface area contributed by atoms with E-state index < -0.39 is 5.60 Å². The van der Waals surface area contributed by atoms with Crippen molar-refractivity contribution in [3.05, 3.63) is 35.3 Å². The van der Waals surface area contributed by atoms with Crippen molar-refractivity contribution < 1.29 is 19.0 Å². The first kappa shape index (κ1) is 27.1. The van der Waals surface area contributed by atoms with Gasteiger partial charge in [0, 0.05) is 55.7 Å². The number of likely N-dealkylation sites (tertiary alicyclic amines) is 2. The lowest BCUT2D eigenvalue weighted by molar-refractivity contribution is 0.0276. The third-order valence-corrected chi connectivity index (χ3v) is 8.44. The average Bonchev–Trinajstić information content (AvgIpc) is 3.35. The van der Waals surface area contributed by atoms with Gasteiger partial charge in [0.15, 0.2) is 5.75 Å². The van der Waals surface area contributed by atoms with Crippen LogP contribution in [0.1, 0.15) is 62.9 Å². The molecule has 0 aromatic carbocycles. The van der Waals surface area contributed by atoms with E-state index in [2.05, 4.69) is 32.2 Å². The quantitative estimate of drug-likeness (QED) is 0.595. The van der Waals surface area contributed by atoms with Crippen LogP contribution in [-0.4, -0.2) is 90.0 Å². The topological polar surface area (TPSA) is 92.3 Å². The number of morpholine rings is 1. The summed E-state index contributed by atoms with van der Waals surface area (Å²) in [5.74, 6) is 2.05. The molecule has 0 unspecified atom stereocenters. The molecule has 6 heterocycles. The normalized spacial score (nSPS) is 22.1. The zero-order chi connectivity index (χ0) is 27.9. The third-order valence-electron chi connectivity index (χ3n) is 8.44. The molecule has 4 aliphatic rings. The van der Waals surface area contributed by atoms with Gasteiger partial charge in [-0.25, -0.2) is 9.78 Å². The van der Waals surface area contributed by atoms with Gasteiger partial charge < -0.3 is 29.3 Å². The van der Waals surface area contributed by atoms with Crippen LogP contribution in [0.5, 0.6) is 5.75 Å². The van der Waals surface area contributed by atoms with Crippen LogP contribution in [0.2, 0.25) is 0 Å². The summed E-state index contributed by atoms with van der Waals surface area (Å²) in [7, 11) is 0. The smallest absolute Gasteiger partial charge is 0.410 e. The number of nitrogens with one attached hydrogen (secondary N) is 1. The molecule has 0 aliphatic carbocycles. The minimum absolute atomic E-state index is 0.197. The molecule has 1 atom stereocenters. The summed E-state index contributed by atoms with van der Waals surface area (Å²) in [5, 5.41) is 3.59. The maximum atomic E-state index is 12.5. The Morgan fingerprint density at radius 1 is 1.10 bits per heavy atom. The highest BCUT2D eigenvalue weighted by Crippen LogP contribution is 2.41.